The normalized spacial score (nSPS) is 6.00. The number of hydrogen-bond acceptors (Lipinski definition) is 0. The average Bonchev–Trinajstić information content (AvgIpc) is 2.24. The van der Waals surface area contributed by atoms with Crippen LogP contribution < -0.4 is 18.9 Å². The van der Waals surface area contributed by atoms with E-state index in [4.69, 9.17) is 0 Å². The average molecular weight is 195 g/mol. The number of unbranched alkanes of at least 4 members (excludes halogenated alkanes) is 1. The van der Waals surface area contributed by atoms with Crippen LogP contribution in [0.25, 0.3) is 0 Å². The fourth-order valence-corrected chi connectivity index (χ4v) is 0.342. The Balaban J connectivity index is -0.0000000567. The van der Waals surface area contributed by atoms with Gasteiger partial charge in [-0.2, -0.15) is 49.7 Å². The fourth-order valence-electron chi connectivity index (χ4n) is 0.342. The van der Waals surface area contributed by atoms with E-state index in [1.54, 1.807) is 6.92 Å². The summed E-state index contributed by atoms with van der Waals surface area (Å²) in [5.74, 6) is 0. The van der Waals surface area contributed by atoms with E-state index in [1.165, 1.54) is 6.42 Å². The van der Waals surface area contributed by atoms with E-state index >= 15 is 0 Å². The molecule has 0 aliphatic carbocycles. The maximum absolute atomic E-state index is 3.60. The maximum atomic E-state index is 3.60. The predicted molar refractivity (Wildman–Crippen MR) is 62.3 cm³/mol. The summed E-state index contributed by atoms with van der Waals surface area (Å²) in [6.07, 6.45) is 2.28. The SMILES string of the molecule is [CH2-]C.[CH2-]CCC.[Li+].[Mg+2].[c-]1ccccc1. The molecule has 0 radical (unpaired) electrons. The van der Waals surface area contributed by atoms with E-state index in [2.05, 4.69) is 26.8 Å². The van der Waals surface area contributed by atoms with Gasteiger partial charge in [-0.05, 0) is 0 Å². The van der Waals surface area contributed by atoms with Crippen LogP contribution in [0, 0.1) is 19.9 Å². The summed E-state index contributed by atoms with van der Waals surface area (Å²) < 4.78 is 0. The quantitative estimate of drug-likeness (QED) is 0.453. The Morgan fingerprint density at radius 3 is 1.50 bits per heavy atom. The molecule has 0 nitrogen and oxygen atoms in total. The smallest absolute Gasteiger partial charge is 0.346 e. The van der Waals surface area contributed by atoms with Crippen molar-refractivity contribution in [1.29, 1.82) is 0 Å². The van der Waals surface area contributed by atoms with Gasteiger partial charge in [0.15, 0.2) is 0 Å². The van der Waals surface area contributed by atoms with Crippen LogP contribution in [0.3, 0.4) is 0 Å². The Kier molecular flexibility index (Phi) is 50.1. The van der Waals surface area contributed by atoms with E-state index in [0.717, 1.165) is 6.42 Å². The van der Waals surface area contributed by atoms with Crippen LogP contribution in [0.4, 0.5) is 0 Å². The molecule has 1 aromatic carbocycles. The molecule has 1 rings (SSSR count). The topological polar surface area (TPSA) is 0 Å². The Hall–Kier alpha value is 0.584. The Morgan fingerprint density at radius 2 is 1.43 bits per heavy atom. The molecule has 0 spiro atoms. The van der Waals surface area contributed by atoms with Gasteiger partial charge >= 0.3 is 41.9 Å². The third kappa shape index (κ3) is 29.4. The van der Waals surface area contributed by atoms with Crippen LogP contribution in [-0.4, -0.2) is 23.1 Å². The Bertz CT molecular complexity index is 102. The van der Waals surface area contributed by atoms with Gasteiger partial charge in [-0.3, -0.25) is 0 Å². The van der Waals surface area contributed by atoms with Crippen LogP contribution in [0.5, 0.6) is 0 Å². The molecule has 2 heteroatoms. The standard InChI is InChI=1S/C6H5.C4H9.C2H5.Li.Mg/c1-2-4-6-5-3-1;1-3-4-2;1-2;;/h1-5H;1,3-4H2,2H3;1H2,2H3;;/q3*-1;+1;+2. The second kappa shape index (κ2) is 29.2. The maximum Gasteiger partial charge on any atom is 2.00 e. The van der Waals surface area contributed by atoms with Gasteiger partial charge in [0.1, 0.15) is 0 Å². The zero-order valence-electron chi connectivity index (χ0n) is 9.92. The first-order valence-corrected chi connectivity index (χ1v) is 4.32. The predicted octanol–water partition coefficient (Wildman–Crippen LogP) is 0.571. The molecule has 0 atom stereocenters. The van der Waals surface area contributed by atoms with Crippen molar-refractivity contribution in [3.63, 3.8) is 0 Å². The molecule has 0 saturated carbocycles. The van der Waals surface area contributed by atoms with Gasteiger partial charge < -0.3 is 13.8 Å². The number of benzene rings is 1. The zero-order chi connectivity index (χ0) is 9.66. The molecular formula is C12H19LiMg. The minimum absolute atomic E-state index is 0. The Labute approximate surface area is 118 Å². The fraction of sp³-hybridized carbons (Fsp3) is 0.333. The van der Waals surface area contributed by atoms with Crippen molar-refractivity contribution in [1.82, 2.24) is 0 Å². The summed E-state index contributed by atoms with van der Waals surface area (Å²) in [5.41, 5.74) is 0. The minimum atomic E-state index is 0. The van der Waals surface area contributed by atoms with Crippen molar-refractivity contribution in [2.45, 2.75) is 26.7 Å². The third-order valence-electron chi connectivity index (χ3n) is 0.961. The molecule has 0 aliphatic heterocycles. The molecule has 0 aromatic heterocycles. The summed E-state index contributed by atoms with van der Waals surface area (Å²) in [4.78, 5) is 0. The van der Waals surface area contributed by atoms with Crippen LogP contribution in [0.15, 0.2) is 30.3 Å². The monoisotopic (exact) mass is 194 g/mol. The van der Waals surface area contributed by atoms with E-state index in [9.17, 15) is 0 Å². The molecule has 70 valence electrons. The molecule has 1 aromatic rings. The molecular weight excluding hydrogens is 175 g/mol. The van der Waals surface area contributed by atoms with Crippen molar-refractivity contribution in [3.05, 3.63) is 50.2 Å². The molecule has 0 amide bonds. The van der Waals surface area contributed by atoms with Gasteiger partial charge in [-0.1, -0.05) is 13.3 Å². The van der Waals surface area contributed by atoms with E-state index in [-0.39, 0.29) is 41.9 Å². The molecule has 14 heavy (non-hydrogen) atoms. The molecule has 0 saturated heterocycles. The summed E-state index contributed by atoms with van der Waals surface area (Å²) in [6, 6.07) is 12.5. The van der Waals surface area contributed by atoms with Gasteiger partial charge in [-0.15, -0.1) is 0 Å². The second-order valence-electron chi connectivity index (χ2n) is 1.93. The molecule has 0 bridgehead atoms. The molecule has 0 heterocycles. The summed E-state index contributed by atoms with van der Waals surface area (Å²) in [7, 11) is 0. The van der Waals surface area contributed by atoms with Crippen molar-refractivity contribution in [2.75, 3.05) is 0 Å². The van der Waals surface area contributed by atoms with Crippen LogP contribution >= 0.6 is 0 Å². The summed E-state index contributed by atoms with van der Waals surface area (Å²) in [6.45, 7) is 10.7. The molecule has 0 N–H and O–H groups in total. The van der Waals surface area contributed by atoms with Crippen molar-refractivity contribution in [3.8, 4) is 0 Å². The second-order valence-corrected chi connectivity index (χ2v) is 1.93. The molecule has 0 unspecified atom stereocenters. The van der Waals surface area contributed by atoms with E-state index < -0.39 is 0 Å². The minimum Gasteiger partial charge on any atom is -0.346 e. The van der Waals surface area contributed by atoms with Crippen molar-refractivity contribution < 1.29 is 18.9 Å². The molecule has 0 aliphatic rings. The Morgan fingerprint density at radius 1 is 1.07 bits per heavy atom. The first-order chi connectivity index (χ1) is 5.91. The number of rotatable bonds is 1. The zero-order valence-corrected chi connectivity index (χ0v) is 11.3. The first-order valence-electron chi connectivity index (χ1n) is 4.32. The van der Waals surface area contributed by atoms with Crippen molar-refractivity contribution >= 4 is 23.1 Å². The summed E-state index contributed by atoms with van der Waals surface area (Å²) >= 11 is 0. The van der Waals surface area contributed by atoms with Gasteiger partial charge in [0.25, 0.3) is 0 Å². The van der Waals surface area contributed by atoms with Gasteiger partial charge in [-0.25, -0.2) is 0 Å². The van der Waals surface area contributed by atoms with Gasteiger partial charge in [0.2, 0.25) is 0 Å². The van der Waals surface area contributed by atoms with Gasteiger partial charge in [0, 0.05) is 0 Å². The molecule has 0 fully saturated rings. The van der Waals surface area contributed by atoms with E-state index in [1.807, 2.05) is 30.3 Å². The van der Waals surface area contributed by atoms with Crippen LogP contribution in [0.1, 0.15) is 26.7 Å². The largest absolute Gasteiger partial charge is 2.00 e. The van der Waals surface area contributed by atoms with E-state index in [0.29, 0.717) is 0 Å². The van der Waals surface area contributed by atoms with Gasteiger partial charge in [0.05, 0.1) is 0 Å². The number of hydrogen-bond donors (Lipinski definition) is 0. The van der Waals surface area contributed by atoms with Crippen molar-refractivity contribution in [2.24, 2.45) is 0 Å². The van der Waals surface area contributed by atoms with Crippen LogP contribution in [-0.2, 0) is 0 Å². The van der Waals surface area contributed by atoms with Crippen LogP contribution in [0.2, 0.25) is 0 Å². The first kappa shape index (κ1) is 24.0. The third-order valence-corrected chi connectivity index (χ3v) is 0.961. The summed E-state index contributed by atoms with van der Waals surface area (Å²) in [5, 5.41) is 0.